The Bertz CT molecular complexity index is 798. The molecule has 0 aliphatic rings. The van der Waals surface area contributed by atoms with Gasteiger partial charge in [0.05, 0.1) is 12.7 Å². The van der Waals surface area contributed by atoms with Gasteiger partial charge < -0.3 is 4.74 Å². The minimum atomic E-state index is -0.405. The van der Waals surface area contributed by atoms with Crippen LogP contribution >= 0.6 is 11.6 Å². The van der Waals surface area contributed by atoms with Gasteiger partial charge in [0.15, 0.2) is 11.5 Å². The van der Waals surface area contributed by atoms with E-state index >= 15 is 0 Å². The van der Waals surface area contributed by atoms with E-state index in [1.807, 2.05) is 12.1 Å². The lowest BCUT2D eigenvalue weighted by Gasteiger charge is -2.03. The minimum Gasteiger partial charge on any atom is -0.465 e. The predicted molar refractivity (Wildman–Crippen MR) is 74.8 cm³/mol. The van der Waals surface area contributed by atoms with Crippen molar-refractivity contribution in [1.29, 1.82) is 0 Å². The van der Waals surface area contributed by atoms with Crippen molar-refractivity contribution in [3.8, 4) is 11.4 Å². The Kier molecular flexibility index (Phi) is 3.12. The highest BCUT2D eigenvalue weighted by Gasteiger charge is 2.12. The van der Waals surface area contributed by atoms with E-state index in [1.54, 1.807) is 34.9 Å². The lowest BCUT2D eigenvalue weighted by atomic mass is 10.2. The van der Waals surface area contributed by atoms with Gasteiger partial charge in [-0.1, -0.05) is 23.7 Å². The largest absolute Gasteiger partial charge is 0.465 e. The van der Waals surface area contributed by atoms with Crippen molar-refractivity contribution >= 4 is 23.2 Å². The summed E-state index contributed by atoms with van der Waals surface area (Å²) in [5, 5.41) is 8.82. The second kappa shape index (κ2) is 4.94. The number of methoxy groups -OCH3 is 1. The van der Waals surface area contributed by atoms with Crippen molar-refractivity contribution < 1.29 is 9.53 Å². The molecule has 3 aromatic rings. The Balaban J connectivity index is 2.19. The lowest BCUT2D eigenvalue weighted by molar-refractivity contribution is 0.0600. The molecule has 0 atom stereocenters. The van der Waals surface area contributed by atoms with Crippen LogP contribution in [0.1, 0.15) is 10.4 Å². The number of hydrogen-bond acceptors (Lipinski definition) is 4. The number of carbonyl (C=O) groups excluding carboxylic acids is 1. The van der Waals surface area contributed by atoms with Gasteiger partial charge >= 0.3 is 5.97 Å². The summed E-state index contributed by atoms with van der Waals surface area (Å²) >= 11 is 5.99. The molecule has 2 heterocycles. The number of fused-ring (bicyclic) bond motifs is 1. The molecule has 0 amide bonds. The van der Waals surface area contributed by atoms with Crippen LogP contribution in [0.4, 0.5) is 0 Å². The molecule has 3 rings (SSSR count). The maximum Gasteiger partial charge on any atom is 0.339 e. The fourth-order valence-electron chi connectivity index (χ4n) is 1.95. The Morgan fingerprint density at radius 1 is 1.25 bits per heavy atom. The minimum absolute atomic E-state index is 0.405. The lowest BCUT2D eigenvalue weighted by Crippen LogP contribution is -2.03. The van der Waals surface area contributed by atoms with E-state index in [4.69, 9.17) is 16.3 Å². The molecule has 0 bridgehead atoms. The van der Waals surface area contributed by atoms with Gasteiger partial charge in [0.1, 0.15) is 0 Å². The monoisotopic (exact) mass is 287 g/mol. The van der Waals surface area contributed by atoms with Crippen molar-refractivity contribution in [3.63, 3.8) is 0 Å². The number of aromatic nitrogens is 3. The van der Waals surface area contributed by atoms with Crippen molar-refractivity contribution in [1.82, 2.24) is 14.6 Å². The summed E-state index contributed by atoms with van der Waals surface area (Å²) in [7, 11) is 1.34. The summed E-state index contributed by atoms with van der Waals surface area (Å²) < 4.78 is 6.45. The first kappa shape index (κ1) is 12.6. The van der Waals surface area contributed by atoms with Gasteiger partial charge in [-0.25, -0.2) is 4.79 Å². The molecule has 5 nitrogen and oxygen atoms in total. The number of carbonyl (C=O) groups is 1. The average molecular weight is 288 g/mol. The molecule has 0 unspecified atom stereocenters. The highest BCUT2D eigenvalue weighted by Crippen LogP contribution is 2.22. The van der Waals surface area contributed by atoms with Gasteiger partial charge in [0, 0.05) is 16.8 Å². The first-order valence-electron chi connectivity index (χ1n) is 5.88. The number of ether oxygens (including phenoxy) is 1. The van der Waals surface area contributed by atoms with Crippen LogP contribution in [0.3, 0.4) is 0 Å². The van der Waals surface area contributed by atoms with E-state index in [0.29, 0.717) is 22.1 Å². The Morgan fingerprint density at radius 3 is 2.85 bits per heavy atom. The molecule has 2 aromatic heterocycles. The molecule has 0 saturated heterocycles. The maximum atomic E-state index is 11.6. The van der Waals surface area contributed by atoms with Gasteiger partial charge in [-0.05, 0) is 24.3 Å². The van der Waals surface area contributed by atoms with Crippen molar-refractivity contribution in [3.05, 3.63) is 53.2 Å². The van der Waals surface area contributed by atoms with Crippen LogP contribution < -0.4 is 0 Å². The van der Waals surface area contributed by atoms with Crippen LogP contribution in [0.5, 0.6) is 0 Å². The maximum absolute atomic E-state index is 11.6. The molecule has 0 aliphatic carbocycles. The molecule has 6 heteroatoms. The van der Waals surface area contributed by atoms with Crippen LogP contribution in [0.15, 0.2) is 42.6 Å². The molecular weight excluding hydrogens is 278 g/mol. The summed E-state index contributed by atoms with van der Waals surface area (Å²) in [6, 6.07) is 10.7. The summed E-state index contributed by atoms with van der Waals surface area (Å²) in [4.78, 5) is 11.6. The zero-order valence-electron chi connectivity index (χ0n) is 10.6. The van der Waals surface area contributed by atoms with E-state index < -0.39 is 5.97 Å². The van der Waals surface area contributed by atoms with Crippen LogP contribution in [-0.4, -0.2) is 27.7 Å². The number of halogens is 1. The number of benzene rings is 1. The molecule has 0 spiro atoms. The van der Waals surface area contributed by atoms with Gasteiger partial charge in [-0.2, -0.15) is 0 Å². The molecule has 0 aliphatic heterocycles. The fourth-order valence-corrected chi connectivity index (χ4v) is 2.14. The van der Waals surface area contributed by atoms with Crippen molar-refractivity contribution in [2.24, 2.45) is 0 Å². The predicted octanol–water partition coefficient (Wildman–Crippen LogP) is 2.84. The highest BCUT2D eigenvalue weighted by atomic mass is 35.5. The van der Waals surface area contributed by atoms with Crippen molar-refractivity contribution in [2.75, 3.05) is 7.11 Å². The van der Waals surface area contributed by atoms with Crippen molar-refractivity contribution in [2.45, 2.75) is 0 Å². The van der Waals surface area contributed by atoms with E-state index in [2.05, 4.69) is 10.2 Å². The van der Waals surface area contributed by atoms with Gasteiger partial charge in [-0.15, -0.1) is 10.2 Å². The highest BCUT2D eigenvalue weighted by molar-refractivity contribution is 6.30. The number of pyridine rings is 1. The SMILES string of the molecule is COC(=O)c1ccc2nnc(-c3cccc(Cl)c3)n2c1. The smallest absolute Gasteiger partial charge is 0.339 e. The average Bonchev–Trinajstić information content (AvgIpc) is 2.89. The zero-order valence-corrected chi connectivity index (χ0v) is 11.3. The number of rotatable bonds is 2. The second-order valence-electron chi connectivity index (χ2n) is 4.17. The van der Waals surface area contributed by atoms with Gasteiger partial charge in [0.25, 0.3) is 0 Å². The summed E-state index contributed by atoms with van der Waals surface area (Å²) in [5.41, 5.74) is 1.91. The molecule has 1 aromatic carbocycles. The van der Waals surface area contributed by atoms with Crippen LogP contribution in [-0.2, 0) is 4.74 Å². The number of nitrogens with zero attached hydrogens (tertiary/aromatic N) is 3. The molecule has 20 heavy (non-hydrogen) atoms. The molecular formula is C14H10ClN3O2. The summed E-state index contributed by atoms with van der Waals surface area (Å²) in [5.74, 6) is 0.214. The third-order valence-corrected chi connectivity index (χ3v) is 3.14. The van der Waals surface area contributed by atoms with E-state index in [0.717, 1.165) is 5.56 Å². The number of esters is 1. The molecule has 100 valence electrons. The van der Waals surface area contributed by atoms with E-state index in [-0.39, 0.29) is 0 Å². The molecule has 0 N–H and O–H groups in total. The quantitative estimate of drug-likeness (QED) is 0.680. The topological polar surface area (TPSA) is 56.5 Å². The first-order chi connectivity index (χ1) is 9.69. The first-order valence-corrected chi connectivity index (χ1v) is 6.26. The van der Waals surface area contributed by atoms with Gasteiger partial charge in [-0.3, -0.25) is 4.40 Å². The normalized spacial score (nSPS) is 10.7. The van der Waals surface area contributed by atoms with E-state index in [9.17, 15) is 4.79 Å². The Labute approximate surface area is 119 Å². The Hall–Kier alpha value is -2.40. The molecule has 0 radical (unpaired) electrons. The van der Waals surface area contributed by atoms with E-state index in [1.165, 1.54) is 7.11 Å². The standard InChI is InChI=1S/C14H10ClN3O2/c1-20-14(19)10-5-6-12-16-17-13(18(12)8-10)9-3-2-4-11(15)7-9/h2-8H,1H3. The molecule has 0 fully saturated rings. The second-order valence-corrected chi connectivity index (χ2v) is 4.61. The third kappa shape index (κ3) is 2.12. The third-order valence-electron chi connectivity index (χ3n) is 2.91. The van der Waals surface area contributed by atoms with Crippen LogP contribution in [0.25, 0.3) is 17.0 Å². The molecule has 0 saturated carbocycles. The summed E-state index contributed by atoms with van der Waals surface area (Å²) in [6.45, 7) is 0. The fraction of sp³-hybridized carbons (Fsp3) is 0.0714. The van der Waals surface area contributed by atoms with Crippen LogP contribution in [0, 0.1) is 0 Å². The Morgan fingerprint density at radius 2 is 2.10 bits per heavy atom. The zero-order chi connectivity index (χ0) is 14.1. The van der Waals surface area contributed by atoms with Crippen LogP contribution in [0.2, 0.25) is 5.02 Å². The van der Waals surface area contributed by atoms with Gasteiger partial charge in [0.2, 0.25) is 0 Å². The number of hydrogen-bond donors (Lipinski definition) is 0. The summed E-state index contributed by atoms with van der Waals surface area (Å²) in [6.07, 6.45) is 1.65.